The molecule has 25 heavy (non-hydrogen) atoms. The van der Waals surface area contributed by atoms with Gasteiger partial charge >= 0.3 is 0 Å². The van der Waals surface area contributed by atoms with Gasteiger partial charge in [0.05, 0.1) is 11.0 Å². The van der Waals surface area contributed by atoms with Gasteiger partial charge in [-0.2, -0.15) is 5.26 Å². The summed E-state index contributed by atoms with van der Waals surface area (Å²) in [5.74, 6) is -0.234. The van der Waals surface area contributed by atoms with Gasteiger partial charge in [-0.15, -0.1) is 0 Å². The van der Waals surface area contributed by atoms with E-state index in [0.29, 0.717) is 19.4 Å². The molecule has 7 heteroatoms. The minimum Gasteiger partial charge on any atom is -0.323 e. The zero-order valence-electron chi connectivity index (χ0n) is 14.5. The summed E-state index contributed by atoms with van der Waals surface area (Å²) >= 11 is 0. The van der Waals surface area contributed by atoms with E-state index in [-0.39, 0.29) is 10.8 Å². The van der Waals surface area contributed by atoms with E-state index in [1.165, 1.54) is 23.1 Å². The van der Waals surface area contributed by atoms with Gasteiger partial charge in [-0.1, -0.05) is 19.1 Å². The van der Waals surface area contributed by atoms with Crippen LogP contribution in [0.4, 0.5) is 0 Å². The first-order chi connectivity index (χ1) is 11.8. The van der Waals surface area contributed by atoms with Crippen LogP contribution < -0.4 is 4.72 Å². The standard InChI is InChI=1S/C18H23N3O3S/c1-3-13-20-25(23,24)16-8-5-15(6-9-16)7-10-17(22)21(2)18(14-19)11-4-12-18/h5-10,20H,3-4,11-13H2,1-2H3/b10-7+. The van der Waals surface area contributed by atoms with Gasteiger partial charge in [0.1, 0.15) is 5.54 Å². The minimum atomic E-state index is -3.49. The van der Waals surface area contributed by atoms with Gasteiger partial charge in [-0.3, -0.25) is 4.79 Å². The van der Waals surface area contributed by atoms with Crippen LogP contribution in [0, 0.1) is 11.3 Å². The molecule has 0 atom stereocenters. The summed E-state index contributed by atoms with van der Waals surface area (Å²) in [7, 11) is -1.84. The summed E-state index contributed by atoms with van der Waals surface area (Å²) < 4.78 is 26.5. The van der Waals surface area contributed by atoms with Crippen molar-refractivity contribution in [1.82, 2.24) is 9.62 Å². The van der Waals surface area contributed by atoms with Crippen LogP contribution in [0.2, 0.25) is 0 Å². The Morgan fingerprint density at radius 3 is 2.48 bits per heavy atom. The molecule has 1 saturated carbocycles. The molecule has 1 aromatic carbocycles. The highest BCUT2D eigenvalue weighted by atomic mass is 32.2. The number of amides is 1. The smallest absolute Gasteiger partial charge is 0.247 e. The van der Waals surface area contributed by atoms with Crippen molar-refractivity contribution in [1.29, 1.82) is 5.26 Å². The number of hydrogen-bond acceptors (Lipinski definition) is 4. The zero-order chi connectivity index (χ0) is 18.5. The van der Waals surface area contributed by atoms with Crippen molar-refractivity contribution >= 4 is 22.0 Å². The number of hydrogen-bond donors (Lipinski definition) is 1. The van der Waals surface area contributed by atoms with Crippen LogP contribution in [-0.4, -0.2) is 38.4 Å². The normalized spacial score (nSPS) is 16.2. The molecule has 0 aromatic heterocycles. The highest BCUT2D eigenvalue weighted by Gasteiger charge is 2.42. The molecular weight excluding hydrogens is 338 g/mol. The van der Waals surface area contributed by atoms with E-state index in [1.54, 1.807) is 25.3 Å². The van der Waals surface area contributed by atoms with Crippen molar-refractivity contribution < 1.29 is 13.2 Å². The lowest BCUT2D eigenvalue weighted by Crippen LogP contribution is -2.52. The van der Waals surface area contributed by atoms with Gasteiger partial charge in [-0.05, 0) is 49.5 Å². The van der Waals surface area contributed by atoms with Crippen molar-refractivity contribution in [2.24, 2.45) is 0 Å². The molecule has 0 saturated heterocycles. The first-order valence-electron chi connectivity index (χ1n) is 8.31. The van der Waals surface area contributed by atoms with Gasteiger partial charge < -0.3 is 4.90 Å². The molecule has 0 radical (unpaired) electrons. The monoisotopic (exact) mass is 361 g/mol. The fraction of sp³-hybridized carbons (Fsp3) is 0.444. The Balaban J connectivity index is 2.05. The number of carbonyl (C=O) groups excluding carboxylic acids is 1. The molecule has 6 nitrogen and oxygen atoms in total. The molecule has 1 aromatic rings. The molecule has 1 aliphatic rings. The molecule has 1 aliphatic carbocycles. The zero-order valence-corrected chi connectivity index (χ0v) is 15.3. The molecule has 0 heterocycles. The number of carbonyl (C=O) groups is 1. The molecule has 1 N–H and O–H groups in total. The fourth-order valence-corrected chi connectivity index (χ4v) is 3.74. The topological polar surface area (TPSA) is 90.3 Å². The van der Waals surface area contributed by atoms with E-state index in [4.69, 9.17) is 0 Å². The number of nitrogens with zero attached hydrogens (tertiary/aromatic N) is 2. The Morgan fingerprint density at radius 2 is 2.00 bits per heavy atom. The van der Waals surface area contributed by atoms with E-state index in [9.17, 15) is 18.5 Å². The highest BCUT2D eigenvalue weighted by molar-refractivity contribution is 7.89. The second-order valence-electron chi connectivity index (χ2n) is 6.19. The Morgan fingerprint density at radius 1 is 1.36 bits per heavy atom. The molecule has 134 valence electrons. The van der Waals surface area contributed by atoms with E-state index in [2.05, 4.69) is 10.8 Å². The lowest BCUT2D eigenvalue weighted by atomic mass is 9.76. The molecule has 1 amide bonds. The number of nitriles is 1. The minimum absolute atomic E-state index is 0.194. The quantitative estimate of drug-likeness (QED) is 0.755. The molecule has 0 unspecified atom stereocenters. The fourth-order valence-electron chi connectivity index (χ4n) is 2.60. The lowest BCUT2D eigenvalue weighted by molar-refractivity contribution is -0.130. The third kappa shape index (κ3) is 4.27. The number of sulfonamides is 1. The van der Waals surface area contributed by atoms with Crippen LogP contribution >= 0.6 is 0 Å². The number of rotatable bonds is 7. The van der Waals surface area contributed by atoms with Crippen LogP contribution in [0.5, 0.6) is 0 Å². The van der Waals surface area contributed by atoms with Gasteiger partial charge in [-0.25, -0.2) is 13.1 Å². The predicted octanol–water partition coefficient (Wildman–Crippen LogP) is 2.29. The van der Waals surface area contributed by atoms with Crippen molar-refractivity contribution in [3.05, 3.63) is 35.9 Å². The third-order valence-electron chi connectivity index (χ3n) is 4.51. The van der Waals surface area contributed by atoms with Crippen molar-refractivity contribution in [3.8, 4) is 6.07 Å². The average molecular weight is 361 g/mol. The van der Waals surface area contributed by atoms with Gasteiger partial charge in [0, 0.05) is 19.7 Å². The summed E-state index contributed by atoms with van der Waals surface area (Å²) in [6.07, 6.45) is 6.12. The third-order valence-corrected chi connectivity index (χ3v) is 5.99. The van der Waals surface area contributed by atoms with Crippen molar-refractivity contribution in [2.75, 3.05) is 13.6 Å². The average Bonchev–Trinajstić information content (AvgIpc) is 2.57. The largest absolute Gasteiger partial charge is 0.323 e. The van der Waals surface area contributed by atoms with E-state index < -0.39 is 15.6 Å². The van der Waals surface area contributed by atoms with Gasteiger partial charge in [0.15, 0.2) is 0 Å². The maximum atomic E-state index is 12.2. The Bertz CT molecular complexity index is 788. The van der Waals surface area contributed by atoms with Crippen LogP contribution in [0.25, 0.3) is 6.08 Å². The van der Waals surface area contributed by atoms with Crippen molar-refractivity contribution in [2.45, 2.75) is 43.0 Å². The van der Waals surface area contributed by atoms with Gasteiger partial charge in [0.25, 0.3) is 0 Å². The number of nitrogens with one attached hydrogen (secondary N) is 1. The van der Waals surface area contributed by atoms with Crippen LogP contribution in [0.3, 0.4) is 0 Å². The molecular formula is C18H23N3O3S. The van der Waals surface area contributed by atoms with E-state index in [0.717, 1.165) is 18.4 Å². The predicted molar refractivity (Wildman–Crippen MR) is 95.9 cm³/mol. The summed E-state index contributed by atoms with van der Waals surface area (Å²) in [5, 5.41) is 9.28. The maximum Gasteiger partial charge on any atom is 0.247 e. The Kier molecular flexibility index (Phi) is 5.98. The van der Waals surface area contributed by atoms with E-state index >= 15 is 0 Å². The Hall–Kier alpha value is -2.17. The van der Waals surface area contributed by atoms with Crippen molar-refractivity contribution in [3.63, 3.8) is 0 Å². The SMILES string of the molecule is CCCNS(=O)(=O)c1ccc(/C=C/C(=O)N(C)C2(C#N)CCC2)cc1. The second kappa shape index (κ2) is 7.81. The molecule has 2 rings (SSSR count). The van der Waals surface area contributed by atoms with E-state index in [1.807, 2.05) is 6.92 Å². The molecule has 0 spiro atoms. The lowest BCUT2D eigenvalue weighted by Gasteiger charge is -2.42. The summed E-state index contributed by atoms with van der Waals surface area (Å²) in [6.45, 7) is 2.29. The molecule has 0 bridgehead atoms. The summed E-state index contributed by atoms with van der Waals surface area (Å²) in [6, 6.07) is 8.54. The maximum absolute atomic E-state index is 12.2. The number of likely N-dealkylation sites (N-methyl/N-ethyl adjacent to an activating group) is 1. The Labute approximate surface area is 149 Å². The molecule has 1 fully saturated rings. The first kappa shape index (κ1) is 19.2. The van der Waals surface area contributed by atoms with Crippen LogP contribution in [-0.2, 0) is 14.8 Å². The van der Waals surface area contributed by atoms with Crippen LogP contribution in [0.1, 0.15) is 38.2 Å². The summed E-state index contributed by atoms with van der Waals surface area (Å²) in [5.41, 5.74) is 0.0421. The van der Waals surface area contributed by atoms with Gasteiger partial charge in [0.2, 0.25) is 15.9 Å². The first-order valence-corrected chi connectivity index (χ1v) is 9.80. The molecule has 0 aliphatic heterocycles. The summed E-state index contributed by atoms with van der Waals surface area (Å²) in [4.78, 5) is 13.9. The number of benzene rings is 1. The second-order valence-corrected chi connectivity index (χ2v) is 7.96. The van der Waals surface area contributed by atoms with Crippen LogP contribution in [0.15, 0.2) is 35.2 Å². The highest BCUT2D eigenvalue weighted by Crippen LogP contribution is 2.36.